The molecule has 0 atom stereocenters. The van der Waals surface area contributed by atoms with Gasteiger partial charge in [-0.15, -0.1) is 0 Å². The number of fused-ring (bicyclic) bond motifs is 1. The topological polar surface area (TPSA) is 31.2 Å². The summed E-state index contributed by atoms with van der Waals surface area (Å²) in [7, 11) is 0. The Bertz CT molecular complexity index is 634. The minimum absolute atomic E-state index is 0.302. The van der Waals surface area contributed by atoms with Crippen molar-refractivity contribution in [1.29, 1.82) is 0 Å². The van der Waals surface area contributed by atoms with Gasteiger partial charge in [-0.25, -0.2) is 4.79 Å². The summed E-state index contributed by atoms with van der Waals surface area (Å²) in [5.41, 5.74) is 1.68. The lowest BCUT2D eigenvalue weighted by Gasteiger charge is -2.19. The number of para-hydroxylation sites is 1. The van der Waals surface area contributed by atoms with Crippen molar-refractivity contribution in [2.45, 2.75) is 65.4 Å². The van der Waals surface area contributed by atoms with Crippen LogP contribution < -0.4 is 0 Å². The molecule has 22 heavy (non-hydrogen) atoms. The second-order valence-corrected chi connectivity index (χ2v) is 6.83. The molecule has 0 radical (unpaired) electrons. The lowest BCUT2D eigenvalue weighted by Crippen LogP contribution is -2.26. The second-order valence-electron chi connectivity index (χ2n) is 6.83. The lowest BCUT2D eigenvalue weighted by molar-refractivity contribution is 0.0544. The van der Waals surface area contributed by atoms with Gasteiger partial charge in [-0.1, -0.05) is 44.4 Å². The summed E-state index contributed by atoms with van der Waals surface area (Å²) >= 11 is 0. The summed E-state index contributed by atoms with van der Waals surface area (Å²) in [6.07, 6.45) is 7.56. The van der Waals surface area contributed by atoms with Crippen LogP contribution in [0.25, 0.3) is 10.9 Å². The predicted octanol–water partition coefficient (Wildman–Crippen LogP) is 5.55. The lowest BCUT2D eigenvalue weighted by atomic mass is 10.1. The van der Waals surface area contributed by atoms with E-state index in [9.17, 15) is 4.79 Å². The molecule has 0 saturated heterocycles. The van der Waals surface area contributed by atoms with Gasteiger partial charge >= 0.3 is 6.09 Å². The molecule has 0 spiro atoms. The zero-order chi connectivity index (χ0) is 16.2. The third-order valence-corrected chi connectivity index (χ3v) is 3.68. The number of carbonyl (C=O) groups excluding carboxylic acids is 1. The van der Waals surface area contributed by atoms with Crippen LogP contribution in [0.15, 0.2) is 30.5 Å². The number of unbranched alkanes of at least 4 members (excludes halogenated alkanes) is 3. The summed E-state index contributed by atoms with van der Waals surface area (Å²) in [6, 6.07) is 8.06. The molecule has 2 rings (SSSR count). The molecule has 0 aliphatic rings. The number of aromatic nitrogens is 1. The number of carbonyl (C=O) groups is 1. The van der Waals surface area contributed by atoms with E-state index >= 15 is 0 Å². The van der Waals surface area contributed by atoms with E-state index in [4.69, 9.17) is 4.74 Å². The van der Waals surface area contributed by atoms with Crippen molar-refractivity contribution >= 4 is 17.0 Å². The molecule has 3 heteroatoms. The zero-order valence-corrected chi connectivity index (χ0v) is 14.2. The molecule has 0 bridgehead atoms. The predicted molar refractivity (Wildman–Crippen MR) is 91.4 cm³/mol. The number of rotatable bonds is 5. The Hall–Kier alpha value is -1.77. The maximum absolute atomic E-state index is 12.4. The standard InChI is InChI=1S/C19H27NO2/c1-5-6-7-8-11-15-14-20(18(21)22-19(2,3)4)17-13-10-9-12-16(15)17/h9-10,12-14H,5-8,11H2,1-4H3. The molecule has 0 amide bonds. The van der Waals surface area contributed by atoms with Crippen LogP contribution in [0, 0.1) is 0 Å². The molecule has 0 unspecified atom stereocenters. The van der Waals surface area contributed by atoms with Gasteiger partial charge in [-0.3, -0.25) is 4.57 Å². The zero-order valence-electron chi connectivity index (χ0n) is 14.2. The van der Waals surface area contributed by atoms with Crippen molar-refractivity contribution in [2.24, 2.45) is 0 Å². The average Bonchev–Trinajstić information content (AvgIpc) is 2.81. The molecule has 2 aromatic rings. The van der Waals surface area contributed by atoms with E-state index < -0.39 is 5.60 Å². The van der Waals surface area contributed by atoms with E-state index in [2.05, 4.69) is 13.0 Å². The smallest absolute Gasteiger partial charge is 0.419 e. The Morgan fingerprint density at radius 1 is 1.14 bits per heavy atom. The van der Waals surface area contributed by atoms with Crippen molar-refractivity contribution in [2.75, 3.05) is 0 Å². The minimum Gasteiger partial charge on any atom is -0.443 e. The summed E-state index contributed by atoms with van der Waals surface area (Å²) < 4.78 is 7.16. The van der Waals surface area contributed by atoms with Crippen LogP contribution in [0.4, 0.5) is 4.79 Å². The van der Waals surface area contributed by atoms with Crippen molar-refractivity contribution in [3.8, 4) is 0 Å². The van der Waals surface area contributed by atoms with Crippen LogP contribution in [0.3, 0.4) is 0 Å². The maximum Gasteiger partial charge on any atom is 0.419 e. The Morgan fingerprint density at radius 3 is 2.55 bits per heavy atom. The Morgan fingerprint density at radius 2 is 1.86 bits per heavy atom. The fourth-order valence-electron chi connectivity index (χ4n) is 2.65. The summed E-state index contributed by atoms with van der Waals surface area (Å²) in [5.74, 6) is 0. The van der Waals surface area contributed by atoms with Crippen LogP contribution in [0.5, 0.6) is 0 Å². The first kappa shape index (κ1) is 16.6. The number of benzene rings is 1. The highest BCUT2D eigenvalue weighted by Crippen LogP contribution is 2.24. The third-order valence-electron chi connectivity index (χ3n) is 3.68. The average molecular weight is 301 g/mol. The van der Waals surface area contributed by atoms with Gasteiger partial charge in [0, 0.05) is 11.6 Å². The molecule has 3 nitrogen and oxygen atoms in total. The monoisotopic (exact) mass is 301 g/mol. The summed E-state index contributed by atoms with van der Waals surface area (Å²) in [6.45, 7) is 7.89. The minimum atomic E-state index is -0.482. The number of aryl methyl sites for hydroxylation is 1. The maximum atomic E-state index is 12.4. The first-order chi connectivity index (χ1) is 10.4. The van der Waals surface area contributed by atoms with Gasteiger partial charge in [0.05, 0.1) is 5.52 Å². The molecule has 0 N–H and O–H groups in total. The van der Waals surface area contributed by atoms with E-state index in [0.717, 1.165) is 23.7 Å². The van der Waals surface area contributed by atoms with Gasteiger partial charge in [-0.05, 0) is 45.2 Å². The second kappa shape index (κ2) is 6.99. The highest BCUT2D eigenvalue weighted by molar-refractivity contribution is 5.92. The number of ether oxygens (including phenoxy) is 1. The van der Waals surface area contributed by atoms with Crippen molar-refractivity contribution < 1.29 is 9.53 Å². The molecule has 1 aromatic heterocycles. The normalized spacial score (nSPS) is 11.8. The Labute approximate surface area is 133 Å². The summed E-state index contributed by atoms with van der Waals surface area (Å²) in [5, 5.41) is 1.16. The van der Waals surface area contributed by atoms with Crippen molar-refractivity contribution in [3.63, 3.8) is 0 Å². The van der Waals surface area contributed by atoms with Crippen molar-refractivity contribution in [1.82, 2.24) is 4.57 Å². The number of hydrogen-bond acceptors (Lipinski definition) is 2. The Kier molecular flexibility index (Phi) is 5.28. The highest BCUT2D eigenvalue weighted by atomic mass is 16.6. The van der Waals surface area contributed by atoms with Crippen LogP contribution >= 0.6 is 0 Å². The summed E-state index contributed by atoms with van der Waals surface area (Å²) in [4.78, 5) is 12.4. The Balaban J connectivity index is 2.25. The van der Waals surface area contributed by atoms with E-state index in [1.165, 1.54) is 24.8 Å². The van der Waals surface area contributed by atoms with Crippen molar-refractivity contribution in [3.05, 3.63) is 36.0 Å². The third kappa shape index (κ3) is 4.12. The van der Waals surface area contributed by atoms with Gasteiger partial charge < -0.3 is 4.74 Å². The van der Waals surface area contributed by atoms with Gasteiger partial charge in [-0.2, -0.15) is 0 Å². The van der Waals surface area contributed by atoms with Gasteiger partial charge in [0.1, 0.15) is 5.60 Å². The molecule has 1 heterocycles. The molecule has 0 saturated carbocycles. The van der Waals surface area contributed by atoms with Crippen LogP contribution in [-0.4, -0.2) is 16.3 Å². The molecular formula is C19H27NO2. The van der Waals surface area contributed by atoms with Gasteiger partial charge in [0.15, 0.2) is 0 Å². The van der Waals surface area contributed by atoms with Gasteiger partial charge in [0.2, 0.25) is 0 Å². The first-order valence-electron chi connectivity index (χ1n) is 8.24. The van der Waals surface area contributed by atoms with E-state index in [0.29, 0.717) is 0 Å². The quantitative estimate of drug-likeness (QED) is 0.678. The molecular weight excluding hydrogens is 274 g/mol. The number of nitrogens with zero attached hydrogens (tertiary/aromatic N) is 1. The van der Waals surface area contributed by atoms with E-state index in [-0.39, 0.29) is 6.09 Å². The van der Waals surface area contributed by atoms with E-state index in [1.807, 2.05) is 45.2 Å². The number of hydrogen-bond donors (Lipinski definition) is 0. The first-order valence-corrected chi connectivity index (χ1v) is 8.24. The van der Waals surface area contributed by atoms with Gasteiger partial charge in [0.25, 0.3) is 0 Å². The molecule has 0 aliphatic carbocycles. The highest BCUT2D eigenvalue weighted by Gasteiger charge is 2.20. The molecule has 1 aromatic carbocycles. The van der Waals surface area contributed by atoms with E-state index in [1.54, 1.807) is 4.57 Å². The molecule has 0 aliphatic heterocycles. The fourth-order valence-corrected chi connectivity index (χ4v) is 2.65. The molecule has 0 fully saturated rings. The largest absolute Gasteiger partial charge is 0.443 e. The molecule has 120 valence electrons. The SMILES string of the molecule is CCCCCCc1cn(C(=O)OC(C)(C)C)c2ccccc12. The van der Waals surface area contributed by atoms with Crippen LogP contribution in [0.1, 0.15) is 58.9 Å². The van der Waals surface area contributed by atoms with Crippen LogP contribution in [-0.2, 0) is 11.2 Å². The van der Waals surface area contributed by atoms with Crippen LogP contribution in [0.2, 0.25) is 0 Å². The fraction of sp³-hybridized carbons (Fsp3) is 0.526.